The van der Waals surface area contributed by atoms with E-state index in [9.17, 15) is 9.59 Å². The van der Waals surface area contributed by atoms with Gasteiger partial charge in [0, 0.05) is 20.3 Å². The molecule has 0 radical (unpaired) electrons. The third-order valence-corrected chi connectivity index (χ3v) is 2.08. The van der Waals surface area contributed by atoms with Crippen LogP contribution >= 0.6 is 0 Å². The number of amides is 1. The number of hydrogen-bond donors (Lipinski definition) is 2. The van der Waals surface area contributed by atoms with Crippen LogP contribution in [0.4, 0.5) is 5.69 Å². The highest BCUT2D eigenvalue weighted by Crippen LogP contribution is 2.09. The number of esters is 1. The molecule has 0 fully saturated rings. The molecule has 0 unspecified atom stereocenters. The van der Waals surface area contributed by atoms with E-state index in [1.165, 1.54) is 13.1 Å². The molecule has 0 spiro atoms. The first-order chi connectivity index (χ1) is 7.54. The number of nitrogens with two attached hydrogens (primary N) is 1. The standard InChI is InChI=1S/C10H15N3O3/c1-12-9(14)3-4-16-10(15)8-5-7(11)6-13(8)2/h5-6H,3-4,11H2,1-2H3,(H,12,14). The summed E-state index contributed by atoms with van der Waals surface area (Å²) in [4.78, 5) is 22.4. The third-order valence-electron chi connectivity index (χ3n) is 2.08. The molecule has 88 valence electrons. The van der Waals surface area contributed by atoms with Gasteiger partial charge in [0.15, 0.2) is 0 Å². The summed E-state index contributed by atoms with van der Waals surface area (Å²) in [6, 6.07) is 1.53. The second-order valence-corrected chi connectivity index (χ2v) is 3.33. The van der Waals surface area contributed by atoms with E-state index < -0.39 is 5.97 Å². The number of aromatic nitrogens is 1. The number of carbonyl (C=O) groups excluding carboxylic acids is 2. The van der Waals surface area contributed by atoms with E-state index in [0.29, 0.717) is 11.4 Å². The SMILES string of the molecule is CNC(=O)CCOC(=O)c1cc(N)cn1C. The monoisotopic (exact) mass is 225 g/mol. The fraction of sp³-hybridized carbons (Fsp3) is 0.400. The normalized spacial score (nSPS) is 9.88. The van der Waals surface area contributed by atoms with E-state index in [-0.39, 0.29) is 18.9 Å². The molecule has 3 N–H and O–H groups in total. The first-order valence-corrected chi connectivity index (χ1v) is 4.84. The molecule has 0 aromatic carbocycles. The van der Waals surface area contributed by atoms with Crippen LogP contribution in [0.2, 0.25) is 0 Å². The molecular formula is C10H15N3O3. The second-order valence-electron chi connectivity index (χ2n) is 3.33. The van der Waals surface area contributed by atoms with E-state index in [1.807, 2.05) is 0 Å². The van der Waals surface area contributed by atoms with E-state index in [1.54, 1.807) is 17.8 Å². The fourth-order valence-electron chi connectivity index (χ4n) is 1.23. The number of ether oxygens (including phenoxy) is 1. The van der Waals surface area contributed by atoms with Crippen LogP contribution in [0.1, 0.15) is 16.9 Å². The minimum Gasteiger partial charge on any atom is -0.460 e. The molecule has 0 atom stereocenters. The second kappa shape index (κ2) is 5.20. The molecule has 1 heterocycles. The van der Waals surface area contributed by atoms with Crippen molar-refractivity contribution >= 4 is 17.6 Å². The van der Waals surface area contributed by atoms with Crippen molar-refractivity contribution in [2.45, 2.75) is 6.42 Å². The van der Waals surface area contributed by atoms with Crippen molar-refractivity contribution < 1.29 is 14.3 Å². The Labute approximate surface area is 93.4 Å². The average Bonchev–Trinajstić information content (AvgIpc) is 2.57. The Hall–Kier alpha value is -1.98. The molecule has 0 bridgehead atoms. The Morgan fingerprint density at radius 2 is 2.25 bits per heavy atom. The first-order valence-electron chi connectivity index (χ1n) is 4.84. The number of aryl methyl sites for hydroxylation is 1. The minimum atomic E-state index is -0.483. The van der Waals surface area contributed by atoms with Crippen molar-refractivity contribution in [3.63, 3.8) is 0 Å². The van der Waals surface area contributed by atoms with Gasteiger partial charge in [0.05, 0.1) is 12.1 Å². The molecule has 1 aromatic rings. The minimum absolute atomic E-state index is 0.0591. The highest BCUT2D eigenvalue weighted by molar-refractivity contribution is 5.89. The van der Waals surface area contributed by atoms with Crippen LogP contribution in [-0.2, 0) is 16.6 Å². The lowest BCUT2D eigenvalue weighted by molar-refractivity contribution is -0.121. The summed E-state index contributed by atoms with van der Waals surface area (Å²) in [7, 11) is 3.23. The number of nitrogen functional groups attached to an aromatic ring is 1. The number of carbonyl (C=O) groups is 2. The van der Waals surface area contributed by atoms with Gasteiger partial charge in [-0.2, -0.15) is 0 Å². The van der Waals surface area contributed by atoms with Crippen LogP contribution in [0.5, 0.6) is 0 Å². The van der Waals surface area contributed by atoms with Crippen LogP contribution in [0.15, 0.2) is 12.3 Å². The van der Waals surface area contributed by atoms with Crippen LogP contribution in [0.3, 0.4) is 0 Å². The lowest BCUT2D eigenvalue weighted by atomic mass is 10.4. The number of hydrogen-bond acceptors (Lipinski definition) is 4. The average molecular weight is 225 g/mol. The molecule has 0 aliphatic heterocycles. The van der Waals surface area contributed by atoms with Gasteiger partial charge < -0.3 is 20.4 Å². The molecule has 0 saturated heterocycles. The Balaban J connectivity index is 2.47. The zero-order valence-corrected chi connectivity index (χ0v) is 9.32. The highest BCUT2D eigenvalue weighted by atomic mass is 16.5. The molecule has 1 aromatic heterocycles. The van der Waals surface area contributed by atoms with Crippen molar-refractivity contribution in [1.82, 2.24) is 9.88 Å². The first kappa shape index (κ1) is 12.1. The molecule has 6 nitrogen and oxygen atoms in total. The number of rotatable bonds is 4. The lowest BCUT2D eigenvalue weighted by Gasteiger charge is -2.04. The number of nitrogens with one attached hydrogen (secondary N) is 1. The summed E-state index contributed by atoms with van der Waals surface area (Å²) in [6.45, 7) is 0.0591. The highest BCUT2D eigenvalue weighted by Gasteiger charge is 2.12. The predicted molar refractivity (Wildman–Crippen MR) is 58.8 cm³/mol. The largest absolute Gasteiger partial charge is 0.460 e. The van der Waals surface area contributed by atoms with Gasteiger partial charge in [-0.05, 0) is 6.07 Å². The summed E-state index contributed by atoms with van der Waals surface area (Å²) < 4.78 is 6.50. The van der Waals surface area contributed by atoms with Gasteiger partial charge in [-0.1, -0.05) is 0 Å². The van der Waals surface area contributed by atoms with E-state index >= 15 is 0 Å². The van der Waals surface area contributed by atoms with Crippen LogP contribution in [0.25, 0.3) is 0 Å². The Morgan fingerprint density at radius 3 is 2.75 bits per heavy atom. The topological polar surface area (TPSA) is 86.3 Å². The van der Waals surface area contributed by atoms with Crippen molar-refractivity contribution in [2.24, 2.45) is 7.05 Å². The Kier molecular flexibility index (Phi) is 3.93. The summed E-state index contributed by atoms with van der Waals surface area (Å²) >= 11 is 0. The van der Waals surface area contributed by atoms with Gasteiger partial charge in [-0.15, -0.1) is 0 Å². The summed E-state index contributed by atoms with van der Waals surface area (Å²) in [5, 5.41) is 2.44. The zero-order valence-electron chi connectivity index (χ0n) is 9.32. The van der Waals surface area contributed by atoms with Gasteiger partial charge in [0.1, 0.15) is 12.3 Å². The zero-order chi connectivity index (χ0) is 12.1. The summed E-state index contributed by atoms with van der Waals surface area (Å²) in [6.07, 6.45) is 1.78. The number of nitrogens with zero attached hydrogens (tertiary/aromatic N) is 1. The molecule has 1 rings (SSSR count). The number of anilines is 1. The molecule has 6 heteroatoms. The predicted octanol–water partition coefficient (Wildman–Crippen LogP) is -0.0998. The van der Waals surface area contributed by atoms with Crippen molar-refractivity contribution in [3.05, 3.63) is 18.0 Å². The van der Waals surface area contributed by atoms with Gasteiger partial charge in [0.25, 0.3) is 0 Å². The van der Waals surface area contributed by atoms with Gasteiger partial charge in [-0.25, -0.2) is 4.79 Å². The maximum atomic E-state index is 11.5. The molecular weight excluding hydrogens is 210 g/mol. The maximum Gasteiger partial charge on any atom is 0.355 e. The van der Waals surface area contributed by atoms with E-state index in [2.05, 4.69) is 5.32 Å². The van der Waals surface area contributed by atoms with Crippen molar-refractivity contribution in [3.8, 4) is 0 Å². The van der Waals surface area contributed by atoms with Crippen LogP contribution < -0.4 is 11.1 Å². The lowest BCUT2D eigenvalue weighted by Crippen LogP contribution is -2.20. The van der Waals surface area contributed by atoms with Gasteiger partial charge in [0.2, 0.25) is 5.91 Å². The van der Waals surface area contributed by atoms with Crippen LogP contribution in [0, 0.1) is 0 Å². The quantitative estimate of drug-likeness (QED) is 0.700. The fourth-order valence-corrected chi connectivity index (χ4v) is 1.23. The van der Waals surface area contributed by atoms with Gasteiger partial charge >= 0.3 is 5.97 Å². The van der Waals surface area contributed by atoms with Gasteiger partial charge in [-0.3, -0.25) is 4.79 Å². The Bertz CT molecular complexity index is 398. The smallest absolute Gasteiger partial charge is 0.355 e. The third kappa shape index (κ3) is 3.01. The summed E-state index contributed by atoms with van der Waals surface area (Å²) in [5.41, 5.74) is 6.39. The molecule has 0 aliphatic rings. The Morgan fingerprint density at radius 1 is 1.56 bits per heavy atom. The molecule has 16 heavy (non-hydrogen) atoms. The molecule has 1 amide bonds. The van der Waals surface area contributed by atoms with Crippen LogP contribution in [-0.4, -0.2) is 30.1 Å². The van der Waals surface area contributed by atoms with E-state index in [0.717, 1.165) is 0 Å². The molecule has 0 aliphatic carbocycles. The van der Waals surface area contributed by atoms with E-state index in [4.69, 9.17) is 10.5 Å². The maximum absolute atomic E-state index is 11.5. The van der Waals surface area contributed by atoms with Crippen molar-refractivity contribution in [1.29, 1.82) is 0 Å². The molecule has 0 saturated carbocycles. The van der Waals surface area contributed by atoms with Crippen molar-refractivity contribution in [2.75, 3.05) is 19.4 Å². The summed E-state index contributed by atoms with van der Waals surface area (Å²) in [5.74, 6) is -0.651.